The molecule has 2 bridgehead atoms. The van der Waals surface area contributed by atoms with Crippen LogP contribution >= 0.6 is 27.3 Å². The first-order valence-corrected chi connectivity index (χ1v) is 7.59. The van der Waals surface area contributed by atoms with E-state index in [0.717, 1.165) is 18.6 Å². The minimum absolute atomic E-state index is 0.448. The highest BCUT2D eigenvalue weighted by molar-refractivity contribution is 9.11. The van der Waals surface area contributed by atoms with Gasteiger partial charge < -0.3 is 5.73 Å². The molecular weight excluding hydrogens is 284 g/mol. The maximum Gasteiger partial charge on any atom is 0.0701 e. The van der Waals surface area contributed by atoms with Crippen LogP contribution in [-0.2, 0) is 6.54 Å². The monoisotopic (exact) mass is 300 g/mol. The smallest absolute Gasteiger partial charge is 0.0701 e. The first-order valence-electron chi connectivity index (χ1n) is 5.98. The Bertz CT molecular complexity index is 365. The Morgan fingerprint density at radius 2 is 2.00 bits per heavy atom. The van der Waals surface area contributed by atoms with Crippen LogP contribution in [0.3, 0.4) is 0 Å². The summed E-state index contributed by atoms with van der Waals surface area (Å²) in [7, 11) is 0. The number of hydrogen-bond donors (Lipinski definition) is 1. The third-order valence-electron chi connectivity index (χ3n) is 3.89. The van der Waals surface area contributed by atoms with Crippen LogP contribution in [0.15, 0.2) is 15.9 Å². The van der Waals surface area contributed by atoms with Crippen LogP contribution < -0.4 is 5.73 Å². The second-order valence-corrected chi connectivity index (χ2v) is 7.54. The second kappa shape index (κ2) is 4.41. The molecular formula is C12H17BrN2S. The van der Waals surface area contributed by atoms with Crippen molar-refractivity contribution in [3.05, 3.63) is 20.8 Å². The summed E-state index contributed by atoms with van der Waals surface area (Å²) in [6, 6.07) is 6.33. The predicted octanol–water partition coefficient (Wildman–Crippen LogP) is 2.96. The fourth-order valence-corrected chi connectivity index (χ4v) is 4.68. The molecule has 16 heavy (non-hydrogen) atoms. The standard InChI is InChI=1S/C12H17BrN2S/c13-12-4-3-11(16-12)7-15-9-1-2-10(15)6-8(14)5-9/h3-4,8-10H,1-2,5-7,14H2. The van der Waals surface area contributed by atoms with E-state index in [4.69, 9.17) is 5.73 Å². The van der Waals surface area contributed by atoms with Gasteiger partial charge in [-0.1, -0.05) is 0 Å². The fourth-order valence-electron chi connectivity index (χ4n) is 3.19. The van der Waals surface area contributed by atoms with E-state index in [1.807, 2.05) is 11.3 Å². The van der Waals surface area contributed by atoms with Gasteiger partial charge in [0.05, 0.1) is 3.79 Å². The molecule has 0 aliphatic carbocycles. The van der Waals surface area contributed by atoms with Gasteiger partial charge in [0, 0.05) is 29.5 Å². The number of rotatable bonds is 2. The van der Waals surface area contributed by atoms with Gasteiger partial charge in [0.2, 0.25) is 0 Å². The lowest BCUT2D eigenvalue weighted by Gasteiger charge is -2.37. The van der Waals surface area contributed by atoms with Crippen molar-refractivity contribution in [2.75, 3.05) is 0 Å². The van der Waals surface area contributed by atoms with Crippen LogP contribution in [0, 0.1) is 0 Å². The van der Waals surface area contributed by atoms with Crippen molar-refractivity contribution in [3.8, 4) is 0 Å². The van der Waals surface area contributed by atoms with E-state index in [9.17, 15) is 0 Å². The lowest BCUT2D eigenvalue weighted by molar-refractivity contribution is 0.121. The van der Waals surface area contributed by atoms with E-state index in [0.29, 0.717) is 6.04 Å². The summed E-state index contributed by atoms with van der Waals surface area (Å²) >= 11 is 5.39. The quantitative estimate of drug-likeness (QED) is 0.910. The van der Waals surface area contributed by atoms with Crippen molar-refractivity contribution in [1.82, 2.24) is 4.90 Å². The highest BCUT2D eigenvalue weighted by atomic mass is 79.9. The van der Waals surface area contributed by atoms with E-state index in [1.165, 1.54) is 34.3 Å². The molecule has 3 rings (SSSR count). The molecule has 0 aromatic carbocycles. The molecule has 2 N–H and O–H groups in total. The van der Waals surface area contributed by atoms with E-state index in [2.05, 4.69) is 33.0 Å². The van der Waals surface area contributed by atoms with Crippen LogP contribution in [0.2, 0.25) is 0 Å². The number of hydrogen-bond acceptors (Lipinski definition) is 3. The summed E-state index contributed by atoms with van der Waals surface area (Å²) in [6.07, 6.45) is 5.10. The summed E-state index contributed by atoms with van der Waals surface area (Å²) in [5.41, 5.74) is 6.08. The zero-order valence-corrected chi connectivity index (χ0v) is 11.6. The Labute approximate surface area is 109 Å². The van der Waals surface area contributed by atoms with Gasteiger partial charge in [-0.3, -0.25) is 4.90 Å². The molecule has 1 aromatic rings. The molecule has 88 valence electrons. The Morgan fingerprint density at radius 3 is 2.56 bits per heavy atom. The average Bonchev–Trinajstić information content (AvgIpc) is 2.72. The molecule has 3 heterocycles. The molecule has 2 unspecified atom stereocenters. The molecule has 2 aliphatic heterocycles. The maximum absolute atomic E-state index is 6.08. The molecule has 2 fully saturated rings. The molecule has 2 nitrogen and oxygen atoms in total. The van der Waals surface area contributed by atoms with Gasteiger partial charge in [0.1, 0.15) is 0 Å². The number of halogens is 1. The van der Waals surface area contributed by atoms with Gasteiger partial charge in [0.15, 0.2) is 0 Å². The minimum Gasteiger partial charge on any atom is -0.328 e. The summed E-state index contributed by atoms with van der Waals surface area (Å²) in [5.74, 6) is 0. The van der Waals surface area contributed by atoms with Gasteiger partial charge in [-0.05, 0) is 53.7 Å². The Balaban J connectivity index is 1.72. The molecule has 1 aromatic heterocycles. The topological polar surface area (TPSA) is 29.3 Å². The van der Waals surface area contributed by atoms with Crippen LogP contribution in [0.4, 0.5) is 0 Å². The Morgan fingerprint density at radius 1 is 1.31 bits per heavy atom. The second-order valence-electron chi connectivity index (χ2n) is 4.99. The van der Waals surface area contributed by atoms with Gasteiger partial charge in [0.25, 0.3) is 0 Å². The van der Waals surface area contributed by atoms with Gasteiger partial charge in [-0.15, -0.1) is 11.3 Å². The summed E-state index contributed by atoms with van der Waals surface area (Å²) < 4.78 is 1.24. The summed E-state index contributed by atoms with van der Waals surface area (Å²) in [5, 5.41) is 0. The minimum atomic E-state index is 0.448. The molecule has 4 heteroatoms. The third kappa shape index (κ3) is 2.08. The molecule has 2 atom stereocenters. The molecule has 0 spiro atoms. The summed E-state index contributed by atoms with van der Waals surface area (Å²) in [6.45, 7) is 1.12. The maximum atomic E-state index is 6.08. The van der Waals surface area contributed by atoms with Crippen molar-refractivity contribution in [3.63, 3.8) is 0 Å². The highest BCUT2D eigenvalue weighted by Gasteiger charge is 2.39. The van der Waals surface area contributed by atoms with Crippen molar-refractivity contribution in [1.29, 1.82) is 0 Å². The Hall–Kier alpha value is 0.1000. The fraction of sp³-hybridized carbons (Fsp3) is 0.667. The van der Waals surface area contributed by atoms with Crippen LogP contribution in [-0.4, -0.2) is 23.0 Å². The molecule has 2 aliphatic rings. The third-order valence-corrected chi connectivity index (χ3v) is 5.50. The number of nitrogens with two attached hydrogens (primary N) is 1. The van der Waals surface area contributed by atoms with Gasteiger partial charge in [-0.25, -0.2) is 0 Å². The number of nitrogens with zero attached hydrogens (tertiary/aromatic N) is 1. The molecule has 0 amide bonds. The van der Waals surface area contributed by atoms with E-state index < -0.39 is 0 Å². The largest absolute Gasteiger partial charge is 0.328 e. The van der Waals surface area contributed by atoms with Gasteiger partial charge >= 0.3 is 0 Å². The number of piperidine rings is 1. The normalized spacial score (nSPS) is 34.5. The highest BCUT2D eigenvalue weighted by Crippen LogP contribution is 2.37. The zero-order valence-electron chi connectivity index (χ0n) is 9.23. The SMILES string of the molecule is NC1CC2CCC(C1)N2Cc1ccc(Br)s1. The van der Waals surface area contributed by atoms with E-state index in [-0.39, 0.29) is 0 Å². The van der Waals surface area contributed by atoms with Crippen LogP contribution in [0.5, 0.6) is 0 Å². The van der Waals surface area contributed by atoms with Crippen molar-refractivity contribution in [2.24, 2.45) is 5.73 Å². The van der Waals surface area contributed by atoms with Crippen molar-refractivity contribution < 1.29 is 0 Å². The lowest BCUT2D eigenvalue weighted by Crippen LogP contribution is -2.46. The molecule has 0 radical (unpaired) electrons. The van der Waals surface area contributed by atoms with Crippen LogP contribution in [0.25, 0.3) is 0 Å². The number of fused-ring (bicyclic) bond motifs is 2. The lowest BCUT2D eigenvalue weighted by atomic mass is 9.98. The Kier molecular flexibility index (Phi) is 3.09. The first-order chi connectivity index (χ1) is 7.72. The molecule has 0 saturated carbocycles. The van der Waals surface area contributed by atoms with E-state index >= 15 is 0 Å². The predicted molar refractivity (Wildman–Crippen MR) is 71.6 cm³/mol. The average molecular weight is 301 g/mol. The molecule has 2 saturated heterocycles. The van der Waals surface area contributed by atoms with Crippen molar-refractivity contribution >= 4 is 27.3 Å². The van der Waals surface area contributed by atoms with E-state index in [1.54, 1.807) is 0 Å². The van der Waals surface area contributed by atoms with Crippen molar-refractivity contribution in [2.45, 2.75) is 50.4 Å². The number of thiophene rings is 1. The zero-order chi connectivity index (χ0) is 11.1. The summed E-state index contributed by atoms with van der Waals surface area (Å²) in [4.78, 5) is 4.15. The first kappa shape index (κ1) is 11.2. The van der Waals surface area contributed by atoms with Crippen LogP contribution in [0.1, 0.15) is 30.6 Å². The van der Waals surface area contributed by atoms with Gasteiger partial charge in [-0.2, -0.15) is 0 Å².